The zero-order chi connectivity index (χ0) is 31.1. The van der Waals surface area contributed by atoms with E-state index in [4.69, 9.17) is 0 Å². The summed E-state index contributed by atoms with van der Waals surface area (Å²) in [6.07, 6.45) is 0. The van der Waals surface area contributed by atoms with Gasteiger partial charge in [0.1, 0.15) is 0 Å². The summed E-state index contributed by atoms with van der Waals surface area (Å²) in [5.41, 5.74) is 9.30. The molecule has 4 heteroatoms. The molecule has 0 amide bonds. The van der Waals surface area contributed by atoms with Gasteiger partial charge in [-0.3, -0.25) is 0 Å². The van der Waals surface area contributed by atoms with Crippen LogP contribution in [-0.4, -0.2) is 9.13 Å². The Morgan fingerprint density at radius 1 is 0.447 bits per heavy atom. The minimum absolute atomic E-state index is 0.653. The van der Waals surface area contributed by atoms with Crippen molar-refractivity contribution in [2.75, 3.05) is 0 Å². The van der Waals surface area contributed by atoms with Crippen molar-refractivity contribution >= 4 is 75.1 Å². The van der Waals surface area contributed by atoms with Gasteiger partial charge in [0.25, 0.3) is 0 Å². The molecule has 10 rings (SSSR count). The number of para-hydroxylation sites is 3. The van der Waals surface area contributed by atoms with Crippen molar-refractivity contribution in [3.05, 3.63) is 157 Å². The number of benzene rings is 7. The minimum Gasteiger partial charge on any atom is -0.309 e. The van der Waals surface area contributed by atoms with Gasteiger partial charge < -0.3 is 9.13 Å². The lowest BCUT2D eigenvalue weighted by Gasteiger charge is -2.16. The Balaban J connectivity index is 1.20. The first-order chi connectivity index (χ1) is 23.3. The summed E-state index contributed by atoms with van der Waals surface area (Å²) in [5, 5.41) is 17.8. The normalized spacial score (nSPS) is 11.8. The molecule has 0 saturated carbocycles. The number of fused-ring (bicyclic) bond motifs is 9. The van der Waals surface area contributed by atoms with Gasteiger partial charge in [0.15, 0.2) is 0 Å². The molecule has 47 heavy (non-hydrogen) atoms. The summed E-state index contributed by atoms with van der Waals surface area (Å²) in [7, 11) is 0. The molecule has 7 aromatic carbocycles. The highest BCUT2D eigenvalue weighted by molar-refractivity contribution is 7.25. The van der Waals surface area contributed by atoms with E-state index in [0.717, 1.165) is 33.5 Å². The minimum atomic E-state index is 0.653. The second kappa shape index (κ2) is 9.92. The van der Waals surface area contributed by atoms with E-state index < -0.39 is 0 Å². The van der Waals surface area contributed by atoms with E-state index in [1.54, 1.807) is 0 Å². The fourth-order valence-corrected chi connectivity index (χ4v) is 8.67. The number of aromatic nitrogens is 2. The molecule has 0 bridgehead atoms. The second-order valence-corrected chi connectivity index (χ2v) is 13.1. The van der Waals surface area contributed by atoms with Crippen molar-refractivity contribution < 1.29 is 0 Å². The Morgan fingerprint density at radius 3 is 1.72 bits per heavy atom. The Hall–Kier alpha value is -6.15. The highest BCUT2D eigenvalue weighted by atomic mass is 32.1. The quantitative estimate of drug-likeness (QED) is 0.195. The summed E-state index contributed by atoms with van der Waals surface area (Å²) in [6, 6.07) is 56.4. The first kappa shape index (κ1) is 26.1. The third kappa shape index (κ3) is 3.72. The molecule has 0 unspecified atom stereocenters. The maximum atomic E-state index is 10.4. The molecule has 0 radical (unpaired) electrons. The Bertz CT molecular complexity index is 2860. The third-order valence-corrected chi connectivity index (χ3v) is 10.7. The molecule has 0 saturated heterocycles. The maximum Gasteiger partial charge on any atom is 0.0998 e. The van der Waals surface area contributed by atoms with Crippen LogP contribution < -0.4 is 0 Å². The van der Waals surface area contributed by atoms with Crippen LogP contribution in [0.3, 0.4) is 0 Å². The monoisotopic (exact) mass is 615 g/mol. The Labute approximate surface area is 274 Å². The van der Waals surface area contributed by atoms with E-state index in [1.807, 2.05) is 23.5 Å². The number of hydrogen-bond acceptors (Lipinski definition) is 2. The SMILES string of the molecule is N#Cc1cccc(-n2c3ccccc3c3ccccc32)c1-c1ccc(-n2c3ccccc3c3cc4sc5ccccc5c4cc32)cc1. The summed E-state index contributed by atoms with van der Waals surface area (Å²) >= 11 is 1.86. The van der Waals surface area contributed by atoms with Gasteiger partial charge in [-0.1, -0.05) is 91.0 Å². The van der Waals surface area contributed by atoms with Gasteiger partial charge in [-0.25, -0.2) is 0 Å². The highest BCUT2D eigenvalue weighted by Crippen LogP contribution is 2.42. The van der Waals surface area contributed by atoms with Crippen LogP contribution in [0.2, 0.25) is 0 Å². The second-order valence-electron chi connectivity index (χ2n) is 12.0. The Morgan fingerprint density at radius 2 is 1.04 bits per heavy atom. The fraction of sp³-hybridized carbons (Fsp3) is 0. The highest BCUT2D eigenvalue weighted by Gasteiger charge is 2.19. The van der Waals surface area contributed by atoms with Crippen LogP contribution in [0.4, 0.5) is 0 Å². The van der Waals surface area contributed by atoms with Crippen molar-refractivity contribution in [2.45, 2.75) is 0 Å². The Kier molecular flexibility index (Phi) is 5.51. The molecule has 0 aliphatic carbocycles. The van der Waals surface area contributed by atoms with E-state index in [0.29, 0.717) is 5.56 Å². The predicted octanol–water partition coefficient (Wildman–Crippen LogP) is 11.8. The van der Waals surface area contributed by atoms with Crippen molar-refractivity contribution in [2.24, 2.45) is 0 Å². The van der Waals surface area contributed by atoms with Gasteiger partial charge in [0, 0.05) is 53.0 Å². The lowest BCUT2D eigenvalue weighted by molar-refractivity contribution is 1.17. The maximum absolute atomic E-state index is 10.4. The molecule has 0 spiro atoms. The van der Waals surface area contributed by atoms with Crippen LogP contribution in [0, 0.1) is 11.3 Å². The number of rotatable bonds is 3. The molecule has 0 fully saturated rings. The van der Waals surface area contributed by atoms with Gasteiger partial charge in [-0.15, -0.1) is 11.3 Å². The molecule has 10 aromatic rings. The molecule has 3 aromatic heterocycles. The lowest BCUT2D eigenvalue weighted by atomic mass is 9.97. The molecule has 0 aliphatic rings. The summed E-state index contributed by atoms with van der Waals surface area (Å²) in [5.74, 6) is 0. The number of nitriles is 1. The van der Waals surface area contributed by atoms with Crippen molar-refractivity contribution in [3.63, 3.8) is 0 Å². The fourth-order valence-electron chi connectivity index (χ4n) is 7.55. The first-order valence-electron chi connectivity index (χ1n) is 15.8. The first-order valence-corrected chi connectivity index (χ1v) is 16.6. The number of hydrogen-bond donors (Lipinski definition) is 0. The summed E-state index contributed by atoms with van der Waals surface area (Å²) in [6.45, 7) is 0. The van der Waals surface area contributed by atoms with Crippen molar-refractivity contribution in [1.82, 2.24) is 9.13 Å². The van der Waals surface area contributed by atoms with Gasteiger partial charge in [-0.05, 0) is 66.2 Å². The largest absolute Gasteiger partial charge is 0.309 e. The van der Waals surface area contributed by atoms with Crippen molar-refractivity contribution in [1.29, 1.82) is 5.26 Å². The zero-order valence-corrected chi connectivity index (χ0v) is 26.0. The molecule has 0 aliphatic heterocycles. The number of nitrogens with zero attached hydrogens (tertiary/aromatic N) is 3. The topological polar surface area (TPSA) is 33.6 Å². The molecule has 0 N–H and O–H groups in total. The summed E-state index contributed by atoms with van der Waals surface area (Å²) < 4.78 is 7.30. The molecule has 3 nitrogen and oxygen atoms in total. The standard InChI is InChI=1S/C43H25N3S/c44-26-28-10-9-18-39(46-37-16-6-1-11-30(37)31-12-2-7-17-38(31)46)43(28)27-20-22-29(23-21-27)45-36-15-5-3-13-32(36)34-25-42-35(24-40(34)45)33-14-4-8-19-41(33)47-42/h1-25H. The molecule has 218 valence electrons. The number of thiophene rings is 1. The van der Waals surface area contributed by atoms with Crippen LogP contribution in [0.25, 0.3) is 86.3 Å². The van der Waals surface area contributed by atoms with E-state index in [9.17, 15) is 5.26 Å². The average molecular weight is 616 g/mol. The van der Waals surface area contributed by atoms with Gasteiger partial charge in [-0.2, -0.15) is 5.26 Å². The van der Waals surface area contributed by atoms with Crippen LogP contribution in [0.1, 0.15) is 5.56 Å². The van der Waals surface area contributed by atoms with Crippen LogP contribution >= 0.6 is 11.3 Å². The van der Waals surface area contributed by atoms with Crippen LogP contribution in [-0.2, 0) is 0 Å². The molecule has 3 heterocycles. The van der Waals surface area contributed by atoms with Crippen LogP contribution in [0.15, 0.2) is 152 Å². The van der Waals surface area contributed by atoms with E-state index in [-0.39, 0.29) is 0 Å². The van der Waals surface area contributed by atoms with Crippen molar-refractivity contribution in [3.8, 4) is 28.6 Å². The predicted molar refractivity (Wildman–Crippen MR) is 198 cm³/mol. The third-order valence-electron chi connectivity index (χ3n) is 9.57. The van der Waals surface area contributed by atoms with Gasteiger partial charge >= 0.3 is 0 Å². The smallest absolute Gasteiger partial charge is 0.0998 e. The van der Waals surface area contributed by atoms with E-state index in [2.05, 4.69) is 155 Å². The average Bonchev–Trinajstić information content (AvgIpc) is 3.78. The van der Waals surface area contributed by atoms with Crippen LogP contribution in [0.5, 0.6) is 0 Å². The van der Waals surface area contributed by atoms with E-state index >= 15 is 0 Å². The lowest BCUT2D eigenvalue weighted by Crippen LogP contribution is -2.00. The molecule has 0 atom stereocenters. The summed E-state index contributed by atoms with van der Waals surface area (Å²) in [4.78, 5) is 0. The molecular weight excluding hydrogens is 591 g/mol. The zero-order valence-electron chi connectivity index (χ0n) is 25.2. The van der Waals surface area contributed by atoms with Gasteiger partial charge in [0.05, 0.1) is 39.4 Å². The molecular formula is C43H25N3S. The van der Waals surface area contributed by atoms with Gasteiger partial charge in [0.2, 0.25) is 0 Å². The van der Waals surface area contributed by atoms with E-state index in [1.165, 1.54) is 52.8 Å².